The number of hydrogen-bond acceptors (Lipinski definition) is 4. The van der Waals surface area contributed by atoms with E-state index >= 15 is 0 Å². The van der Waals surface area contributed by atoms with Gasteiger partial charge in [-0.25, -0.2) is 9.97 Å². The van der Waals surface area contributed by atoms with Gasteiger partial charge in [0.25, 0.3) is 5.91 Å². The van der Waals surface area contributed by atoms with Crippen molar-refractivity contribution in [3.8, 4) is 5.82 Å². The van der Waals surface area contributed by atoms with E-state index in [9.17, 15) is 4.79 Å². The fourth-order valence-electron chi connectivity index (χ4n) is 2.96. The average molecular weight is 386 g/mol. The molecule has 0 radical (unpaired) electrons. The van der Waals surface area contributed by atoms with Crippen LogP contribution in [-0.2, 0) is 0 Å². The number of pyridine rings is 1. The van der Waals surface area contributed by atoms with Crippen LogP contribution >= 0.6 is 24.8 Å². The summed E-state index contributed by atoms with van der Waals surface area (Å²) >= 11 is 0. The van der Waals surface area contributed by atoms with E-state index in [1.54, 1.807) is 29.4 Å². The van der Waals surface area contributed by atoms with Crippen molar-refractivity contribution in [2.24, 2.45) is 5.92 Å². The topological polar surface area (TPSA) is 63.1 Å². The van der Waals surface area contributed by atoms with E-state index in [-0.39, 0.29) is 30.7 Å². The van der Waals surface area contributed by atoms with Crippen LogP contribution in [0.15, 0.2) is 37.1 Å². The van der Waals surface area contributed by atoms with E-state index in [4.69, 9.17) is 0 Å². The van der Waals surface area contributed by atoms with Crippen LogP contribution < -0.4 is 5.32 Å². The molecule has 1 fully saturated rings. The van der Waals surface area contributed by atoms with E-state index in [1.807, 2.05) is 17.2 Å². The molecule has 1 N–H and O–H groups in total. The molecule has 1 aliphatic heterocycles. The number of carbonyl (C=O) groups excluding carboxylic acids is 1. The van der Waals surface area contributed by atoms with Crippen LogP contribution in [0.5, 0.6) is 0 Å². The minimum atomic E-state index is 0. The number of hydrogen-bond donors (Lipinski definition) is 1. The van der Waals surface area contributed by atoms with Crippen molar-refractivity contribution in [3.63, 3.8) is 0 Å². The smallest absolute Gasteiger partial charge is 0.254 e. The van der Waals surface area contributed by atoms with Crippen LogP contribution in [0.3, 0.4) is 0 Å². The Bertz CT molecular complexity index is 642. The summed E-state index contributed by atoms with van der Waals surface area (Å²) in [4.78, 5) is 23.0. The number of piperidine rings is 1. The molecule has 0 aromatic carbocycles. The zero-order valence-corrected chi connectivity index (χ0v) is 15.9. The molecule has 0 unspecified atom stereocenters. The van der Waals surface area contributed by atoms with Gasteiger partial charge in [-0.2, -0.15) is 0 Å². The quantitative estimate of drug-likeness (QED) is 0.858. The van der Waals surface area contributed by atoms with Gasteiger partial charge in [-0.05, 0) is 44.0 Å². The summed E-state index contributed by atoms with van der Waals surface area (Å²) in [7, 11) is 0. The Morgan fingerprint density at radius 3 is 2.68 bits per heavy atom. The maximum atomic E-state index is 12.7. The fourth-order valence-corrected chi connectivity index (χ4v) is 2.96. The molecular formula is C17H25Cl2N5O. The first-order valence-corrected chi connectivity index (χ1v) is 8.22. The van der Waals surface area contributed by atoms with Crippen LogP contribution in [0.2, 0.25) is 0 Å². The van der Waals surface area contributed by atoms with Gasteiger partial charge < -0.3 is 10.2 Å². The highest BCUT2D eigenvalue weighted by Gasteiger charge is 2.23. The molecule has 0 atom stereocenters. The maximum absolute atomic E-state index is 12.7. The molecule has 2 aromatic rings. The third-order valence-electron chi connectivity index (χ3n) is 4.35. The Hall–Kier alpha value is -1.63. The van der Waals surface area contributed by atoms with E-state index < -0.39 is 0 Å². The first-order valence-electron chi connectivity index (χ1n) is 8.22. The molecule has 0 saturated carbocycles. The number of carbonyl (C=O) groups is 1. The van der Waals surface area contributed by atoms with Gasteiger partial charge in [0.05, 0.1) is 0 Å². The molecule has 0 spiro atoms. The van der Waals surface area contributed by atoms with Crippen molar-refractivity contribution in [3.05, 3.63) is 42.6 Å². The van der Waals surface area contributed by atoms with Gasteiger partial charge in [0.1, 0.15) is 12.1 Å². The Labute approximate surface area is 160 Å². The number of likely N-dealkylation sites (tertiary alicyclic amines) is 1. The molecule has 8 heteroatoms. The summed E-state index contributed by atoms with van der Waals surface area (Å²) < 4.78 is 1.80. The molecule has 2 aromatic heterocycles. The van der Waals surface area contributed by atoms with Crippen LogP contribution in [0.25, 0.3) is 5.82 Å². The monoisotopic (exact) mass is 385 g/mol. The Balaban J connectivity index is 0.00000156. The van der Waals surface area contributed by atoms with E-state index in [0.717, 1.165) is 44.8 Å². The first kappa shape index (κ1) is 21.4. The number of halogens is 2. The van der Waals surface area contributed by atoms with Crippen molar-refractivity contribution < 1.29 is 4.79 Å². The van der Waals surface area contributed by atoms with Crippen molar-refractivity contribution in [2.45, 2.75) is 19.8 Å². The van der Waals surface area contributed by atoms with Gasteiger partial charge in [-0.1, -0.05) is 6.92 Å². The molecule has 0 aliphatic carbocycles. The summed E-state index contributed by atoms with van der Waals surface area (Å²) in [5, 5.41) is 3.40. The van der Waals surface area contributed by atoms with Gasteiger partial charge >= 0.3 is 0 Å². The summed E-state index contributed by atoms with van der Waals surface area (Å²) in [6.45, 7) is 5.85. The third kappa shape index (κ3) is 5.42. The molecule has 3 rings (SSSR count). The van der Waals surface area contributed by atoms with Crippen LogP contribution in [0.1, 0.15) is 30.1 Å². The molecule has 0 bridgehead atoms. The number of imidazole rings is 1. The molecular weight excluding hydrogens is 361 g/mol. The number of nitrogens with zero attached hydrogens (tertiary/aromatic N) is 4. The first-order chi connectivity index (χ1) is 11.3. The molecule has 6 nitrogen and oxygen atoms in total. The number of rotatable bonds is 5. The van der Waals surface area contributed by atoms with E-state index in [0.29, 0.717) is 11.5 Å². The predicted molar refractivity (Wildman–Crippen MR) is 103 cm³/mol. The van der Waals surface area contributed by atoms with Gasteiger partial charge in [-0.3, -0.25) is 9.36 Å². The van der Waals surface area contributed by atoms with Crippen LogP contribution in [0, 0.1) is 5.92 Å². The fraction of sp³-hybridized carbons (Fsp3) is 0.471. The lowest BCUT2D eigenvalue weighted by Gasteiger charge is -2.32. The Morgan fingerprint density at radius 1 is 1.28 bits per heavy atom. The second kappa shape index (κ2) is 10.4. The summed E-state index contributed by atoms with van der Waals surface area (Å²) in [6.07, 6.45) is 9.02. The van der Waals surface area contributed by atoms with Crippen molar-refractivity contribution >= 4 is 30.7 Å². The minimum absolute atomic E-state index is 0. The number of aromatic nitrogens is 3. The standard InChI is InChI=1S/C17H23N5O.2ClH/c1-2-18-12-14-4-8-21(9-5-14)17(23)15-3-6-20-16(11-15)22-10-7-19-13-22;;/h3,6-7,10-11,13-14,18H,2,4-5,8-9,12H2,1H3;2*1H. The summed E-state index contributed by atoms with van der Waals surface area (Å²) in [6, 6.07) is 3.61. The highest BCUT2D eigenvalue weighted by molar-refractivity contribution is 5.94. The molecule has 138 valence electrons. The van der Waals surface area contributed by atoms with E-state index in [2.05, 4.69) is 22.2 Å². The van der Waals surface area contributed by atoms with Crippen LogP contribution in [0.4, 0.5) is 0 Å². The van der Waals surface area contributed by atoms with E-state index in [1.165, 1.54) is 0 Å². The highest BCUT2D eigenvalue weighted by atomic mass is 35.5. The SMILES string of the molecule is CCNCC1CCN(C(=O)c2ccnc(-n3ccnc3)c2)CC1.Cl.Cl. The van der Waals surface area contributed by atoms with Gasteiger partial charge in [0, 0.05) is 37.2 Å². The number of amides is 1. The highest BCUT2D eigenvalue weighted by Crippen LogP contribution is 2.19. The minimum Gasteiger partial charge on any atom is -0.339 e. The lowest BCUT2D eigenvalue weighted by molar-refractivity contribution is 0.0690. The maximum Gasteiger partial charge on any atom is 0.254 e. The van der Waals surface area contributed by atoms with Crippen molar-refractivity contribution in [1.29, 1.82) is 0 Å². The lowest BCUT2D eigenvalue weighted by Crippen LogP contribution is -2.40. The molecule has 1 amide bonds. The summed E-state index contributed by atoms with van der Waals surface area (Å²) in [5.74, 6) is 1.49. The van der Waals surface area contributed by atoms with Crippen LogP contribution in [-0.4, -0.2) is 51.5 Å². The van der Waals surface area contributed by atoms with Gasteiger partial charge in [0.15, 0.2) is 0 Å². The molecule has 1 aliphatic rings. The Morgan fingerprint density at radius 2 is 2.04 bits per heavy atom. The molecule has 25 heavy (non-hydrogen) atoms. The number of nitrogens with one attached hydrogen (secondary N) is 1. The van der Waals surface area contributed by atoms with Gasteiger partial charge in [0.2, 0.25) is 0 Å². The zero-order chi connectivity index (χ0) is 16.1. The second-order valence-corrected chi connectivity index (χ2v) is 5.92. The third-order valence-corrected chi connectivity index (χ3v) is 4.35. The average Bonchev–Trinajstić information content (AvgIpc) is 3.14. The second-order valence-electron chi connectivity index (χ2n) is 5.92. The van der Waals surface area contributed by atoms with Gasteiger partial charge in [-0.15, -0.1) is 24.8 Å². The largest absolute Gasteiger partial charge is 0.339 e. The predicted octanol–water partition coefficient (Wildman–Crippen LogP) is 2.57. The normalized spacial score (nSPS) is 14.5. The summed E-state index contributed by atoms with van der Waals surface area (Å²) in [5.41, 5.74) is 0.689. The van der Waals surface area contributed by atoms with Crippen molar-refractivity contribution in [2.75, 3.05) is 26.2 Å². The van der Waals surface area contributed by atoms with Crippen molar-refractivity contribution in [1.82, 2.24) is 24.8 Å². The lowest BCUT2D eigenvalue weighted by atomic mass is 9.96. The Kier molecular flexibility index (Phi) is 8.89. The molecule has 1 saturated heterocycles. The zero-order valence-electron chi connectivity index (χ0n) is 14.3. The molecule has 3 heterocycles.